The maximum Gasteiger partial charge on any atom is 0.175 e. The number of nitrogens with one attached hydrogen (secondary N) is 1. The fourth-order valence-electron chi connectivity index (χ4n) is 2.27. The predicted molar refractivity (Wildman–Crippen MR) is 87.9 cm³/mol. The van der Waals surface area contributed by atoms with E-state index in [0.29, 0.717) is 6.54 Å². The predicted octanol–water partition coefficient (Wildman–Crippen LogP) is 3.95. The van der Waals surface area contributed by atoms with Crippen molar-refractivity contribution in [1.82, 2.24) is 9.97 Å². The number of nitrogens with two attached hydrogens (primary N) is 1. The van der Waals surface area contributed by atoms with Crippen molar-refractivity contribution >= 4 is 15.9 Å². The molecule has 0 saturated carbocycles. The largest absolute Gasteiger partial charge is 0.336 e. The molecule has 0 bridgehead atoms. The third-order valence-corrected chi connectivity index (χ3v) is 3.88. The fraction of sp³-hybridized carbons (Fsp3) is 0.438. The number of H-pyrrole nitrogens is 1. The van der Waals surface area contributed by atoms with E-state index in [1.165, 1.54) is 16.7 Å². The van der Waals surface area contributed by atoms with Crippen LogP contribution in [-0.2, 0) is 11.8 Å². The summed E-state index contributed by atoms with van der Waals surface area (Å²) in [5.41, 5.74) is 11.6. The fourth-order valence-corrected chi connectivity index (χ4v) is 2.69. The Labute approximate surface area is 129 Å². The highest BCUT2D eigenvalue weighted by atomic mass is 79.9. The van der Waals surface area contributed by atoms with Gasteiger partial charge in [0, 0.05) is 17.7 Å². The van der Waals surface area contributed by atoms with Crippen molar-refractivity contribution in [3.63, 3.8) is 0 Å². The summed E-state index contributed by atoms with van der Waals surface area (Å²) in [6.07, 6.45) is 0.799. The van der Waals surface area contributed by atoms with Gasteiger partial charge in [0.05, 0.1) is 5.69 Å². The highest BCUT2D eigenvalue weighted by molar-refractivity contribution is 9.10. The Hall–Kier alpha value is -1.13. The molecule has 4 heteroatoms. The van der Waals surface area contributed by atoms with Gasteiger partial charge in [-0.15, -0.1) is 0 Å². The molecule has 3 nitrogen and oxygen atoms in total. The second-order valence-electron chi connectivity index (χ2n) is 6.17. The van der Waals surface area contributed by atoms with Gasteiger partial charge in [0.1, 0.15) is 0 Å². The average molecular weight is 336 g/mol. The van der Waals surface area contributed by atoms with E-state index in [4.69, 9.17) is 5.73 Å². The average Bonchev–Trinajstić information content (AvgIpc) is 2.70. The Balaban J connectivity index is 2.57. The molecule has 0 unspecified atom stereocenters. The van der Waals surface area contributed by atoms with Gasteiger partial charge in [-0.05, 0) is 52.0 Å². The lowest BCUT2D eigenvalue weighted by Gasteiger charge is -2.20. The summed E-state index contributed by atoms with van der Waals surface area (Å²) in [6.45, 7) is 9.41. The first-order chi connectivity index (χ1) is 9.32. The van der Waals surface area contributed by atoms with Crippen LogP contribution in [0.25, 0.3) is 11.3 Å². The van der Waals surface area contributed by atoms with Crippen LogP contribution in [0.15, 0.2) is 22.9 Å². The van der Waals surface area contributed by atoms with E-state index in [9.17, 15) is 0 Å². The molecule has 0 spiro atoms. The quantitative estimate of drug-likeness (QED) is 0.892. The van der Waals surface area contributed by atoms with E-state index in [0.717, 1.165) is 22.5 Å². The number of aryl methyl sites for hydroxylation is 1. The SMILES string of the molecule is Cc1ccc(C(C)(C)C)cc1-c1nc(Br)[nH]c1CCN. The minimum absolute atomic E-state index is 0.129. The van der Waals surface area contributed by atoms with Gasteiger partial charge in [-0.1, -0.05) is 32.9 Å². The number of hydrogen-bond acceptors (Lipinski definition) is 2. The third kappa shape index (κ3) is 3.13. The summed E-state index contributed by atoms with van der Waals surface area (Å²) in [4.78, 5) is 7.84. The van der Waals surface area contributed by atoms with Crippen molar-refractivity contribution in [2.45, 2.75) is 39.5 Å². The van der Waals surface area contributed by atoms with Gasteiger partial charge in [0.25, 0.3) is 0 Å². The minimum atomic E-state index is 0.129. The van der Waals surface area contributed by atoms with Crippen LogP contribution in [0.4, 0.5) is 0 Å². The monoisotopic (exact) mass is 335 g/mol. The normalized spacial score (nSPS) is 11.9. The van der Waals surface area contributed by atoms with Crippen molar-refractivity contribution in [1.29, 1.82) is 0 Å². The van der Waals surface area contributed by atoms with E-state index in [1.807, 2.05) is 0 Å². The van der Waals surface area contributed by atoms with Crippen molar-refractivity contribution in [2.24, 2.45) is 5.73 Å². The Kier molecular flexibility index (Phi) is 4.35. The number of aromatic amines is 1. The van der Waals surface area contributed by atoms with E-state index >= 15 is 0 Å². The highest BCUT2D eigenvalue weighted by Gasteiger charge is 2.18. The molecule has 2 aromatic rings. The number of hydrogen-bond donors (Lipinski definition) is 2. The summed E-state index contributed by atoms with van der Waals surface area (Å²) in [7, 11) is 0. The van der Waals surface area contributed by atoms with Crippen LogP contribution in [0.3, 0.4) is 0 Å². The van der Waals surface area contributed by atoms with Gasteiger partial charge >= 0.3 is 0 Å². The zero-order chi connectivity index (χ0) is 14.9. The second-order valence-corrected chi connectivity index (χ2v) is 6.92. The molecule has 20 heavy (non-hydrogen) atoms. The Morgan fingerprint density at radius 3 is 2.60 bits per heavy atom. The molecule has 2 rings (SSSR count). The van der Waals surface area contributed by atoms with Crippen molar-refractivity contribution in [3.05, 3.63) is 39.8 Å². The summed E-state index contributed by atoms with van der Waals surface area (Å²) in [5, 5.41) is 0. The summed E-state index contributed by atoms with van der Waals surface area (Å²) in [5.74, 6) is 0. The topological polar surface area (TPSA) is 54.7 Å². The summed E-state index contributed by atoms with van der Waals surface area (Å²) in [6, 6.07) is 6.62. The van der Waals surface area contributed by atoms with Crippen LogP contribution < -0.4 is 5.73 Å². The van der Waals surface area contributed by atoms with Crippen LogP contribution in [-0.4, -0.2) is 16.5 Å². The molecule has 3 N–H and O–H groups in total. The van der Waals surface area contributed by atoms with Gasteiger partial charge in [-0.2, -0.15) is 0 Å². The lowest BCUT2D eigenvalue weighted by Crippen LogP contribution is -2.11. The Morgan fingerprint density at radius 2 is 2.00 bits per heavy atom. The molecule has 108 valence electrons. The molecule has 1 aromatic carbocycles. The third-order valence-electron chi connectivity index (χ3n) is 3.50. The Morgan fingerprint density at radius 1 is 1.30 bits per heavy atom. The summed E-state index contributed by atoms with van der Waals surface area (Å²) < 4.78 is 0.761. The number of nitrogens with zero attached hydrogens (tertiary/aromatic N) is 1. The molecule has 0 amide bonds. The summed E-state index contributed by atoms with van der Waals surface area (Å²) >= 11 is 3.43. The van der Waals surface area contributed by atoms with Gasteiger partial charge in [-0.3, -0.25) is 0 Å². The van der Waals surface area contributed by atoms with E-state index in [-0.39, 0.29) is 5.41 Å². The number of benzene rings is 1. The number of aromatic nitrogens is 2. The molecule has 0 atom stereocenters. The Bertz CT molecular complexity index is 609. The molecule has 0 aliphatic heterocycles. The van der Waals surface area contributed by atoms with E-state index in [1.54, 1.807) is 0 Å². The first kappa shape index (κ1) is 15.3. The number of imidazole rings is 1. The first-order valence-corrected chi connectivity index (χ1v) is 7.68. The van der Waals surface area contributed by atoms with Crippen molar-refractivity contribution in [2.75, 3.05) is 6.54 Å². The van der Waals surface area contributed by atoms with Gasteiger partial charge in [0.15, 0.2) is 4.73 Å². The molecule has 0 aliphatic rings. The zero-order valence-corrected chi connectivity index (χ0v) is 14.1. The van der Waals surface area contributed by atoms with Crippen LogP contribution in [0.5, 0.6) is 0 Å². The van der Waals surface area contributed by atoms with Gasteiger partial charge < -0.3 is 10.7 Å². The van der Waals surface area contributed by atoms with E-state index < -0.39 is 0 Å². The smallest absolute Gasteiger partial charge is 0.175 e. The van der Waals surface area contributed by atoms with Crippen LogP contribution in [0.1, 0.15) is 37.6 Å². The number of rotatable bonds is 3. The minimum Gasteiger partial charge on any atom is -0.336 e. The van der Waals surface area contributed by atoms with Crippen LogP contribution >= 0.6 is 15.9 Å². The molecule has 0 radical (unpaired) electrons. The molecular weight excluding hydrogens is 314 g/mol. The molecule has 1 aromatic heterocycles. The molecular formula is C16H22BrN3. The highest BCUT2D eigenvalue weighted by Crippen LogP contribution is 2.31. The zero-order valence-electron chi connectivity index (χ0n) is 12.5. The van der Waals surface area contributed by atoms with Crippen molar-refractivity contribution in [3.8, 4) is 11.3 Å². The van der Waals surface area contributed by atoms with E-state index in [2.05, 4.69) is 71.8 Å². The van der Waals surface area contributed by atoms with Crippen LogP contribution in [0, 0.1) is 6.92 Å². The molecule has 0 saturated heterocycles. The molecule has 1 heterocycles. The molecule has 0 fully saturated rings. The van der Waals surface area contributed by atoms with Crippen LogP contribution in [0.2, 0.25) is 0 Å². The lowest BCUT2D eigenvalue weighted by atomic mass is 9.84. The number of halogens is 1. The maximum atomic E-state index is 5.69. The van der Waals surface area contributed by atoms with Crippen molar-refractivity contribution < 1.29 is 0 Å². The standard InChI is InChI=1S/C16H22BrN3/c1-10-5-6-11(16(2,3)4)9-12(10)14-13(7-8-18)19-15(17)20-14/h5-6,9H,7-8,18H2,1-4H3,(H,19,20). The van der Waals surface area contributed by atoms with Gasteiger partial charge in [-0.25, -0.2) is 4.98 Å². The maximum absolute atomic E-state index is 5.69. The lowest BCUT2D eigenvalue weighted by molar-refractivity contribution is 0.590. The second kappa shape index (κ2) is 5.70. The first-order valence-electron chi connectivity index (χ1n) is 6.89. The molecule has 0 aliphatic carbocycles. The van der Waals surface area contributed by atoms with Gasteiger partial charge in [0.2, 0.25) is 0 Å².